The number of rotatable bonds is 4. The van der Waals surface area contributed by atoms with Gasteiger partial charge in [0.15, 0.2) is 5.78 Å². The number of nitro benzene ring substituents is 1. The molecule has 0 fully saturated rings. The molecule has 0 aliphatic carbocycles. The van der Waals surface area contributed by atoms with E-state index in [1.54, 1.807) is 0 Å². The predicted molar refractivity (Wildman–Crippen MR) is 57.3 cm³/mol. The fourth-order valence-corrected chi connectivity index (χ4v) is 1.30. The van der Waals surface area contributed by atoms with Crippen molar-refractivity contribution in [2.24, 2.45) is 0 Å². The third kappa shape index (κ3) is 2.63. The molecule has 0 saturated heterocycles. The lowest BCUT2D eigenvalue weighted by Gasteiger charge is -2.00. The Morgan fingerprint density at radius 3 is 2.80 bits per heavy atom. The standard InChI is InChI=1S/C10H8ClNO3/c1-2-3-10(13)8-6-7(11)4-5-9(8)12(14)15/h2,4-6H,1,3H2. The van der Waals surface area contributed by atoms with E-state index in [1.807, 2.05) is 0 Å². The lowest BCUT2D eigenvalue weighted by Crippen LogP contribution is -2.02. The molecule has 5 heteroatoms. The second kappa shape index (κ2) is 4.70. The first kappa shape index (κ1) is 11.4. The van der Waals surface area contributed by atoms with Gasteiger partial charge in [-0.05, 0) is 12.1 Å². The van der Waals surface area contributed by atoms with E-state index in [-0.39, 0.29) is 23.5 Å². The maximum atomic E-state index is 11.5. The molecule has 0 aromatic heterocycles. The Morgan fingerprint density at radius 1 is 1.60 bits per heavy atom. The molecule has 1 aromatic rings. The summed E-state index contributed by atoms with van der Waals surface area (Å²) in [5.74, 6) is -0.362. The normalized spacial score (nSPS) is 9.67. The molecule has 78 valence electrons. The van der Waals surface area contributed by atoms with E-state index in [2.05, 4.69) is 6.58 Å². The van der Waals surface area contributed by atoms with Gasteiger partial charge in [0.05, 0.1) is 10.5 Å². The van der Waals surface area contributed by atoms with Crippen LogP contribution in [0.3, 0.4) is 0 Å². The second-order valence-electron chi connectivity index (χ2n) is 2.83. The summed E-state index contributed by atoms with van der Waals surface area (Å²) in [6.07, 6.45) is 1.45. The van der Waals surface area contributed by atoms with Crippen molar-refractivity contribution in [1.29, 1.82) is 0 Å². The molecule has 0 heterocycles. The maximum Gasteiger partial charge on any atom is 0.280 e. The molecule has 4 nitrogen and oxygen atoms in total. The van der Waals surface area contributed by atoms with Gasteiger partial charge in [-0.2, -0.15) is 0 Å². The average molecular weight is 226 g/mol. The van der Waals surface area contributed by atoms with Crippen LogP contribution in [-0.4, -0.2) is 10.7 Å². The highest BCUT2D eigenvalue weighted by Crippen LogP contribution is 2.23. The monoisotopic (exact) mass is 225 g/mol. The molecule has 0 atom stereocenters. The van der Waals surface area contributed by atoms with Crippen LogP contribution in [-0.2, 0) is 0 Å². The van der Waals surface area contributed by atoms with E-state index in [1.165, 1.54) is 24.3 Å². The van der Waals surface area contributed by atoms with Crippen LogP contribution in [0.15, 0.2) is 30.9 Å². The van der Waals surface area contributed by atoms with Crippen LogP contribution in [0.25, 0.3) is 0 Å². The summed E-state index contributed by atoms with van der Waals surface area (Å²) in [6, 6.07) is 3.90. The van der Waals surface area contributed by atoms with Crippen molar-refractivity contribution in [1.82, 2.24) is 0 Å². The third-order valence-electron chi connectivity index (χ3n) is 1.79. The lowest BCUT2D eigenvalue weighted by atomic mass is 10.1. The molecular formula is C10H8ClNO3. The van der Waals surface area contributed by atoms with Crippen LogP contribution in [0.5, 0.6) is 0 Å². The molecule has 0 saturated carbocycles. The van der Waals surface area contributed by atoms with Crippen molar-refractivity contribution in [2.45, 2.75) is 6.42 Å². The minimum Gasteiger partial charge on any atom is -0.294 e. The first-order chi connectivity index (χ1) is 7.06. The zero-order valence-corrected chi connectivity index (χ0v) is 8.53. The number of ketones is 1. The second-order valence-corrected chi connectivity index (χ2v) is 3.27. The van der Waals surface area contributed by atoms with Gasteiger partial charge in [0.1, 0.15) is 0 Å². The van der Waals surface area contributed by atoms with Gasteiger partial charge < -0.3 is 0 Å². The van der Waals surface area contributed by atoms with Crippen molar-refractivity contribution in [3.63, 3.8) is 0 Å². The number of allylic oxidation sites excluding steroid dienone is 1. The number of halogens is 1. The topological polar surface area (TPSA) is 60.2 Å². The number of hydrogen-bond donors (Lipinski definition) is 0. The Kier molecular flexibility index (Phi) is 3.57. The molecule has 15 heavy (non-hydrogen) atoms. The van der Waals surface area contributed by atoms with E-state index in [4.69, 9.17) is 11.6 Å². The third-order valence-corrected chi connectivity index (χ3v) is 2.02. The SMILES string of the molecule is C=CCC(=O)c1cc(Cl)ccc1[N+](=O)[O-]. The Morgan fingerprint density at radius 2 is 2.27 bits per heavy atom. The zero-order valence-electron chi connectivity index (χ0n) is 7.77. The number of Topliss-reactive ketones (excluding diaryl/α,β-unsaturated/α-hetero) is 1. The van der Waals surface area contributed by atoms with Crippen LogP contribution in [0.4, 0.5) is 5.69 Å². The van der Waals surface area contributed by atoms with Gasteiger partial charge in [-0.1, -0.05) is 17.7 Å². The van der Waals surface area contributed by atoms with Crippen LogP contribution in [0.1, 0.15) is 16.8 Å². The van der Waals surface area contributed by atoms with Crippen LogP contribution in [0, 0.1) is 10.1 Å². The smallest absolute Gasteiger partial charge is 0.280 e. The highest BCUT2D eigenvalue weighted by atomic mass is 35.5. The largest absolute Gasteiger partial charge is 0.294 e. The summed E-state index contributed by atoms with van der Waals surface area (Å²) in [4.78, 5) is 21.5. The number of hydrogen-bond acceptors (Lipinski definition) is 3. The minimum atomic E-state index is -0.605. The quantitative estimate of drug-likeness (QED) is 0.343. The van der Waals surface area contributed by atoms with Crippen molar-refractivity contribution >= 4 is 23.1 Å². The Balaban J connectivity index is 3.23. The van der Waals surface area contributed by atoms with Gasteiger partial charge in [0, 0.05) is 17.5 Å². The molecule has 0 N–H and O–H groups in total. The minimum absolute atomic E-state index is 0.0207. The van der Waals surface area contributed by atoms with Crippen LogP contribution in [0.2, 0.25) is 5.02 Å². The van der Waals surface area contributed by atoms with Gasteiger partial charge in [-0.3, -0.25) is 14.9 Å². The van der Waals surface area contributed by atoms with Gasteiger partial charge in [-0.15, -0.1) is 6.58 Å². The fraction of sp³-hybridized carbons (Fsp3) is 0.100. The first-order valence-corrected chi connectivity index (χ1v) is 4.52. The van der Waals surface area contributed by atoms with Crippen molar-refractivity contribution in [2.75, 3.05) is 0 Å². The molecule has 1 aromatic carbocycles. The molecule has 0 spiro atoms. The molecule has 0 radical (unpaired) electrons. The summed E-state index contributed by atoms with van der Waals surface area (Å²) in [5.41, 5.74) is -0.210. The number of nitro groups is 1. The van der Waals surface area contributed by atoms with Gasteiger partial charge >= 0.3 is 0 Å². The number of nitrogens with zero attached hydrogens (tertiary/aromatic N) is 1. The summed E-state index contributed by atoms with van der Waals surface area (Å²) < 4.78 is 0. The van der Waals surface area contributed by atoms with Gasteiger partial charge in [-0.25, -0.2) is 0 Å². The summed E-state index contributed by atoms with van der Waals surface area (Å²) in [6.45, 7) is 3.40. The highest BCUT2D eigenvalue weighted by molar-refractivity contribution is 6.31. The van der Waals surface area contributed by atoms with Crippen molar-refractivity contribution in [3.05, 3.63) is 51.6 Å². The number of carbonyl (C=O) groups excluding carboxylic acids is 1. The first-order valence-electron chi connectivity index (χ1n) is 4.14. The maximum absolute atomic E-state index is 11.5. The van der Waals surface area contributed by atoms with E-state index in [0.717, 1.165) is 0 Å². The van der Waals surface area contributed by atoms with E-state index < -0.39 is 4.92 Å². The molecular weight excluding hydrogens is 218 g/mol. The number of carbonyl (C=O) groups is 1. The molecule has 0 unspecified atom stereocenters. The summed E-state index contributed by atoms with van der Waals surface area (Å²) >= 11 is 5.67. The van der Waals surface area contributed by atoms with E-state index in [0.29, 0.717) is 5.02 Å². The predicted octanol–water partition coefficient (Wildman–Crippen LogP) is 3.01. The molecule has 0 aliphatic rings. The average Bonchev–Trinajstić information content (AvgIpc) is 2.17. The Hall–Kier alpha value is -1.68. The summed E-state index contributed by atoms with van der Waals surface area (Å²) in [5, 5.41) is 10.9. The molecule has 0 amide bonds. The zero-order chi connectivity index (χ0) is 11.4. The summed E-state index contributed by atoms with van der Waals surface area (Å²) in [7, 11) is 0. The molecule has 1 rings (SSSR count). The van der Waals surface area contributed by atoms with Crippen molar-refractivity contribution < 1.29 is 9.72 Å². The van der Waals surface area contributed by atoms with Crippen LogP contribution < -0.4 is 0 Å². The van der Waals surface area contributed by atoms with E-state index in [9.17, 15) is 14.9 Å². The number of benzene rings is 1. The Labute approximate surface area is 91.3 Å². The van der Waals surface area contributed by atoms with Gasteiger partial charge in [0.2, 0.25) is 0 Å². The van der Waals surface area contributed by atoms with Crippen LogP contribution >= 0.6 is 11.6 Å². The molecule has 0 aliphatic heterocycles. The van der Waals surface area contributed by atoms with E-state index >= 15 is 0 Å². The van der Waals surface area contributed by atoms with Crippen molar-refractivity contribution in [3.8, 4) is 0 Å². The Bertz CT molecular complexity index is 429. The lowest BCUT2D eigenvalue weighted by molar-refractivity contribution is -0.385. The molecule has 0 bridgehead atoms. The fourth-order valence-electron chi connectivity index (χ4n) is 1.13. The van der Waals surface area contributed by atoms with Gasteiger partial charge in [0.25, 0.3) is 5.69 Å². The highest BCUT2D eigenvalue weighted by Gasteiger charge is 2.18.